The molecular formula is C34H31ClN2O2. The van der Waals surface area contributed by atoms with E-state index in [-0.39, 0.29) is 6.04 Å². The summed E-state index contributed by atoms with van der Waals surface area (Å²) >= 11 is 6.08. The number of rotatable bonds is 7. The fourth-order valence-corrected chi connectivity index (χ4v) is 5.85. The Morgan fingerprint density at radius 2 is 1.85 bits per heavy atom. The zero-order valence-electron chi connectivity index (χ0n) is 22.1. The van der Waals surface area contributed by atoms with Crippen molar-refractivity contribution in [3.8, 4) is 11.5 Å². The second kappa shape index (κ2) is 11.0. The third-order valence-corrected chi connectivity index (χ3v) is 7.84. The molecule has 0 spiro atoms. The predicted molar refractivity (Wildman–Crippen MR) is 160 cm³/mol. The van der Waals surface area contributed by atoms with Gasteiger partial charge in [0.1, 0.15) is 6.61 Å². The van der Waals surface area contributed by atoms with E-state index in [4.69, 9.17) is 26.1 Å². The van der Waals surface area contributed by atoms with Crippen molar-refractivity contribution in [2.45, 2.75) is 31.9 Å². The molecule has 5 heteroatoms. The van der Waals surface area contributed by atoms with Gasteiger partial charge in [0.05, 0.1) is 18.8 Å². The normalized spacial score (nSPS) is 19.4. The number of nitrogens with one attached hydrogen (secondary N) is 1. The van der Waals surface area contributed by atoms with Crippen LogP contribution >= 0.6 is 11.6 Å². The van der Waals surface area contributed by atoms with Gasteiger partial charge in [-0.05, 0) is 90.0 Å². The van der Waals surface area contributed by atoms with Crippen LogP contribution in [-0.2, 0) is 6.61 Å². The van der Waals surface area contributed by atoms with Crippen LogP contribution < -0.4 is 14.8 Å². The summed E-state index contributed by atoms with van der Waals surface area (Å²) in [6, 6.07) is 29.1. The molecule has 1 heterocycles. The molecule has 0 unspecified atom stereocenters. The number of aryl methyl sites for hydroxylation is 1. The molecule has 0 aromatic heterocycles. The van der Waals surface area contributed by atoms with Crippen LogP contribution in [0.5, 0.6) is 11.5 Å². The molecule has 4 aromatic rings. The summed E-state index contributed by atoms with van der Waals surface area (Å²) in [5.41, 5.74) is 8.12. The number of halogens is 1. The highest BCUT2D eigenvalue weighted by Gasteiger charge is 2.37. The van der Waals surface area contributed by atoms with Gasteiger partial charge in [-0.15, -0.1) is 0 Å². The molecule has 3 atom stereocenters. The van der Waals surface area contributed by atoms with Crippen molar-refractivity contribution in [2.75, 3.05) is 12.4 Å². The number of benzene rings is 4. The summed E-state index contributed by atoms with van der Waals surface area (Å²) in [5, 5.41) is 4.51. The van der Waals surface area contributed by atoms with Gasteiger partial charge in [-0.3, -0.25) is 4.99 Å². The number of nitrogens with zero attached hydrogens (tertiary/aromatic N) is 1. The van der Waals surface area contributed by atoms with Gasteiger partial charge in [0.25, 0.3) is 0 Å². The van der Waals surface area contributed by atoms with Crippen molar-refractivity contribution in [1.82, 2.24) is 0 Å². The lowest BCUT2D eigenvalue weighted by molar-refractivity contribution is 0.284. The van der Waals surface area contributed by atoms with E-state index in [9.17, 15) is 0 Å². The maximum absolute atomic E-state index is 6.08. The van der Waals surface area contributed by atoms with E-state index in [2.05, 4.69) is 66.9 Å². The van der Waals surface area contributed by atoms with Gasteiger partial charge >= 0.3 is 0 Å². The third-order valence-electron chi connectivity index (χ3n) is 7.60. The highest BCUT2D eigenvalue weighted by molar-refractivity contribution is 6.30. The first-order valence-electron chi connectivity index (χ1n) is 13.3. The second-order valence-corrected chi connectivity index (χ2v) is 10.7. The van der Waals surface area contributed by atoms with Crippen LogP contribution in [0.1, 0.15) is 46.2 Å². The standard InChI is InChI=1S/C34H31ClN2O2/c1-22-9-15-31-30(17-22)28-7-4-8-29(28)34(37-31)25-11-13-27(14-12-25)36-20-23-10-16-32(33(19-23)38-2)39-21-24-5-3-6-26(35)18-24/h3-7,9-20,28-29,34,37H,8,21H2,1-2H3/t28-,29+,34-/m0/s1. The Bertz CT molecular complexity index is 1540. The van der Waals surface area contributed by atoms with Crippen LogP contribution in [0, 0.1) is 12.8 Å². The number of anilines is 1. The Kier molecular flexibility index (Phi) is 7.12. The van der Waals surface area contributed by atoms with E-state index in [1.54, 1.807) is 7.11 Å². The second-order valence-electron chi connectivity index (χ2n) is 10.2. The first-order chi connectivity index (χ1) is 19.1. The van der Waals surface area contributed by atoms with Crippen LogP contribution in [0.3, 0.4) is 0 Å². The third kappa shape index (κ3) is 5.43. The van der Waals surface area contributed by atoms with E-state index >= 15 is 0 Å². The van der Waals surface area contributed by atoms with Crippen LogP contribution in [0.25, 0.3) is 0 Å². The summed E-state index contributed by atoms with van der Waals surface area (Å²) < 4.78 is 11.6. The van der Waals surface area contributed by atoms with Crippen molar-refractivity contribution in [3.05, 3.63) is 130 Å². The molecule has 1 N–H and O–H groups in total. The minimum absolute atomic E-state index is 0.280. The summed E-state index contributed by atoms with van der Waals surface area (Å²) in [6.45, 7) is 2.58. The molecule has 2 aliphatic rings. The largest absolute Gasteiger partial charge is 0.493 e. The lowest BCUT2D eigenvalue weighted by Crippen LogP contribution is -2.29. The van der Waals surface area contributed by atoms with Gasteiger partial charge in [-0.25, -0.2) is 0 Å². The molecule has 0 saturated carbocycles. The smallest absolute Gasteiger partial charge is 0.161 e. The molecule has 1 aliphatic heterocycles. The van der Waals surface area contributed by atoms with Crippen molar-refractivity contribution >= 4 is 29.2 Å². The Balaban J connectivity index is 1.14. The van der Waals surface area contributed by atoms with Crippen LogP contribution in [-0.4, -0.2) is 13.3 Å². The highest BCUT2D eigenvalue weighted by atomic mass is 35.5. The zero-order chi connectivity index (χ0) is 26.8. The van der Waals surface area contributed by atoms with Crippen LogP contribution in [0.15, 0.2) is 102 Å². The lowest BCUT2D eigenvalue weighted by atomic mass is 9.76. The maximum atomic E-state index is 6.08. The molecule has 39 heavy (non-hydrogen) atoms. The van der Waals surface area contributed by atoms with E-state index in [0.717, 1.165) is 23.2 Å². The number of aliphatic imine (C=N–C) groups is 1. The van der Waals surface area contributed by atoms with E-state index in [1.807, 2.05) is 48.7 Å². The van der Waals surface area contributed by atoms with Gasteiger partial charge in [-0.2, -0.15) is 0 Å². The number of ether oxygens (including phenoxy) is 2. The van der Waals surface area contributed by atoms with Crippen LogP contribution in [0.4, 0.5) is 11.4 Å². The molecule has 0 bridgehead atoms. The summed E-state index contributed by atoms with van der Waals surface area (Å²) in [6.07, 6.45) is 7.67. The molecule has 0 amide bonds. The van der Waals surface area contributed by atoms with E-state index in [1.165, 1.54) is 22.4 Å². The van der Waals surface area contributed by atoms with Crippen molar-refractivity contribution in [2.24, 2.45) is 10.9 Å². The quantitative estimate of drug-likeness (QED) is 0.190. The van der Waals surface area contributed by atoms with Gasteiger partial charge in [0, 0.05) is 22.8 Å². The molecule has 4 aromatic carbocycles. The molecule has 0 radical (unpaired) electrons. The molecule has 0 fully saturated rings. The first-order valence-corrected chi connectivity index (χ1v) is 13.7. The topological polar surface area (TPSA) is 42.8 Å². The van der Waals surface area contributed by atoms with Gasteiger partial charge in [0.15, 0.2) is 11.5 Å². The van der Waals surface area contributed by atoms with E-state index in [0.29, 0.717) is 35.0 Å². The Morgan fingerprint density at radius 3 is 2.67 bits per heavy atom. The number of allylic oxidation sites excluding steroid dienone is 2. The number of methoxy groups -OCH3 is 1. The summed E-state index contributed by atoms with van der Waals surface area (Å²) in [7, 11) is 1.64. The minimum atomic E-state index is 0.280. The summed E-state index contributed by atoms with van der Waals surface area (Å²) in [5.74, 6) is 2.34. The zero-order valence-corrected chi connectivity index (χ0v) is 22.9. The average Bonchev–Trinajstić information content (AvgIpc) is 3.46. The van der Waals surface area contributed by atoms with E-state index < -0.39 is 0 Å². The number of hydrogen-bond acceptors (Lipinski definition) is 4. The SMILES string of the molecule is COc1cc(C=Nc2ccc([C@@H]3Nc4ccc(C)cc4[C@H]4C=CC[C@H]43)cc2)ccc1OCc1cccc(Cl)c1. The highest BCUT2D eigenvalue weighted by Crippen LogP contribution is 2.50. The lowest BCUT2D eigenvalue weighted by Gasteiger charge is -2.37. The monoisotopic (exact) mass is 534 g/mol. The molecule has 196 valence electrons. The van der Waals surface area contributed by atoms with Crippen molar-refractivity contribution < 1.29 is 9.47 Å². The Labute approximate surface area is 235 Å². The molecule has 1 aliphatic carbocycles. The molecule has 0 saturated heterocycles. The van der Waals surface area contributed by atoms with Crippen LogP contribution in [0.2, 0.25) is 5.02 Å². The Hall–Kier alpha value is -4.02. The molecular weight excluding hydrogens is 504 g/mol. The van der Waals surface area contributed by atoms with Gasteiger partial charge < -0.3 is 14.8 Å². The Morgan fingerprint density at radius 1 is 0.974 bits per heavy atom. The fraction of sp³-hybridized carbons (Fsp3) is 0.206. The summed E-state index contributed by atoms with van der Waals surface area (Å²) in [4.78, 5) is 4.71. The predicted octanol–water partition coefficient (Wildman–Crippen LogP) is 8.81. The number of fused-ring (bicyclic) bond motifs is 3. The van der Waals surface area contributed by atoms with Crippen molar-refractivity contribution in [3.63, 3.8) is 0 Å². The minimum Gasteiger partial charge on any atom is -0.493 e. The van der Waals surface area contributed by atoms with Crippen molar-refractivity contribution in [1.29, 1.82) is 0 Å². The molecule has 6 rings (SSSR count). The maximum Gasteiger partial charge on any atom is 0.161 e. The first kappa shape index (κ1) is 25.3. The molecule has 4 nitrogen and oxygen atoms in total. The number of hydrogen-bond donors (Lipinski definition) is 1. The van der Waals surface area contributed by atoms with Gasteiger partial charge in [-0.1, -0.05) is 65.7 Å². The van der Waals surface area contributed by atoms with Gasteiger partial charge in [0.2, 0.25) is 0 Å². The average molecular weight is 535 g/mol. The fourth-order valence-electron chi connectivity index (χ4n) is 5.63.